The molecule has 0 aromatic carbocycles. The van der Waals surface area contributed by atoms with Gasteiger partial charge in [0.05, 0.1) is 6.61 Å². The van der Waals surface area contributed by atoms with Gasteiger partial charge in [0, 0.05) is 6.20 Å². The molecular formula is C19H35F2N3O4Si2. The number of hydrogen-bond donors (Lipinski definition) is 1. The maximum Gasteiger partial charge on any atom is 0.351 e. The molecule has 2 N–H and O–H groups in total. The molecule has 30 heavy (non-hydrogen) atoms. The SMILES string of the molecule is CCC(CC)[SiH2]OCC1OC(n2ccc(N)nc2=O)C(F)(F)C1O[SiH2]C(CC)CC. The molecule has 2 rings (SSSR count). The predicted octanol–water partition coefficient (Wildman–Crippen LogP) is 2.14. The fraction of sp³-hybridized carbons (Fsp3) is 0.789. The number of hydrogen-bond acceptors (Lipinski definition) is 6. The first-order valence-electron chi connectivity index (χ1n) is 10.8. The Balaban J connectivity index is 2.21. The van der Waals surface area contributed by atoms with Crippen molar-refractivity contribution in [3.05, 3.63) is 22.7 Å². The Morgan fingerprint density at radius 3 is 2.37 bits per heavy atom. The van der Waals surface area contributed by atoms with E-state index in [1.54, 1.807) is 0 Å². The molecule has 2 heterocycles. The highest BCUT2D eigenvalue weighted by Crippen LogP contribution is 2.44. The van der Waals surface area contributed by atoms with E-state index in [-0.39, 0.29) is 12.4 Å². The summed E-state index contributed by atoms with van der Waals surface area (Å²) in [6.07, 6.45) is 0.864. The van der Waals surface area contributed by atoms with Crippen molar-refractivity contribution in [1.29, 1.82) is 0 Å². The van der Waals surface area contributed by atoms with Crippen molar-refractivity contribution in [2.75, 3.05) is 12.3 Å². The van der Waals surface area contributed by atoms with E-state index in [4.69, 9.17) is 19.3 Å². The van der Waals surface area contributed by atoms with Gasteiger partial charge in [-0.2, -0.15) is 13.8 Å². The van der Waals surface area contributed by atoms with Crippen LogP contribution in [0.1, 0.15) is 59.6 Å². The summed E-state index contributed by atoms with van der Waals surface area (Å²) in [4.78, 5) is 15.7. The average Bonchev–Trinajstić information content (AvgIpc) is 2.96. The molecule has 0 aliphatic carbocycles. The molecule has 1 aliphatic rings. The van der Waals surface area contributed by atoms with E-state index in [1.165, 1.54) is 12.3 Å². The summed E-state index contributed by atoms with van der Waals surface area (Å²) in [5.41, 5.74) is 5.45. The monoisotopic (exact) mass is 463 g/mol. The Labute approximate surface area is 181 Å². The van der Waals surface area contributed by atoms with Crippen LogP contribution in [0.2, 0.25) is 11.1 Å². The normalized spacial score (nSPS) is 24.3. The number of halogens is 2. The molecule has 0 amide bonds. The van der Waals surface area contributed by atoms with Gasteiger partial charge in [0.15, 0.2) is 19.5 Å². The Bertz CT molecular complexity index is 717. The minimum absolute atomic E-state index is 0.0254. The zero-order valence-corrected chi connectivity index (χ0v) is 21.2. The van der Waals surface area contributed by atoms with Crippen LogP contribution >= 0.6 is 0 Å². The van der Waals surface area contributed by atoms with Crippen LogP contribution in [0.4, 0.5) is 14.6 Å². The van der Waals surface area contributed by atoms with E-state index >= 15 is 8.78 Å². The van der Waals surface area contributed by atoms with Crippen LogP contribution in [0.5, 0.6) is 0 Å². The van der Waals surface area contributed by atoms with Gasteiger partial charge in [0.1, 0.15) is 18.0 Å². The minimum Gasteiger partial charge on any atom is -0.421 e. The summed E-state index contributed by atoms with van der Waals surface area (Å²) in [5, 5.41) is 0. The lowest BCUT2D eigenvalue weighted by molar-refractivity contribution is -0.136. The zero-order chi connectivity index (χ0) is 22.3. The van der Waals surface area contributed by atoms with Gasteiger partial charge in [-0.1, -0.05) is 53.4 Å². The highest BCUT2D eigenvalue weighted by molar-refractivity contribution is 6.29. The molecule has 3 atom stereocenters. The van der Waals surface area contributed by atoms with Gasteiger partial charge in [-0.25, -0.2) is 4.79 Å². The van der Waals surface area contributed by atoms with Gasteiger partial charge in [0.25, 0.3) is 0 Å². The maximum absolute atomic E-state index is 15.4. The van der Waals surface area contributed by atoms with E-state index in [0.717, 1.165) is 30.3 Å². The van der Waals surface area contributed by atoms with Gasteiger partial charge in [0.2, 0.25) is 6.23 Å². The van der Waals surface area contributed by atoms with Crippen LogP contribution in [0.25, 0.3) is 0 Å². The third kappa shape index (κ3) is 5.97. The molecule has 0 radical (unpaired) electrons. The number of aromatic nitrogens is 2. The van der Waals surface area contributed by atoms with Crippen LogP contribution in [0.15, 0.2) is 17.1 Å². The summed E-state index contributed by atoms with van der Waals surface area (Å²) in [7, 11) is -2.06. The number of alkyl halides is 2. The van der Waals surface area contributed by atoms with E-state index in [1.807, 2.05) is 13.8 Å². The Morgan fingerprint density at radius 1 is 1.20 bits per heavy atom. The molecule has 3 unspecified atom stereocenters. The fourth-order valence-corrected chi connectivity index (χ4v) is 6.12. The summed E-state index contributed by atoms with van der Waals surface area (Å²) < 4.78 is 48.9. The van der Waals surface area contributed by atoms with Crippen LogP contribution in [-0.2, 0) is 13.6 Å². The number of nitrogen functional groups attached to an aromatic ring is 1. The van der Waals surface area contributed by atoms with Crippen molar-refractivity contribution in [3.63, 3.8) is 0 Å². The van der Waals surface area contributed by atoms with E-state index in [0.29, 0.717) is 11.1 Å². The first kappa shape index (κ1) is 25.1. The molecule has 1 saturated heterocycles. The smallest absolute Gasteiger partial charge is 0.351 e. The fourth-order valence-electron chi connectivity index (χ4n) is 3.56. The Hall–Kier alpha value is -1.15. The number of nitrogens with zero attached hydrogens (tertiary/aromatic N) is 2. The second-order valence-electron chi connectivity index (χ2n) is 7.90. The van der Waals surface area contributed by atoms with Crippen LogP contribution in [0, 0.1) is 0 Å². The third-order valence-corrected chi connectivity index (χ3v) is 10.2. The van der Waals surface area contributed by atoms with Crippen molar-refractivity contribution in [1.82, 2.24) is 9.55 Å². The van der Waals surface area contributed by atoms with Crippen LogP contribution < -0.4 is 11.4 Å². The quantitative estimate of drug-likeness (QED) is 0.478. The van der Waals surface area contributed by atoms with Crippen molar-refractivity contribution in [2.24, 2.45) is 0 Å². The molecule has 172 valence electrons. The summed E-state index contributed by atoms with van der Waals surface area (Å²) >= 11 is 0. The highest BCUT2D eigenvalue weighted by atomic mass is 28.2. The van der Waals surface area contributed by atoms with Crippen molar-refractivity contribution in [2.45, 2.75) is 88.8 Å². The van der Waals surface area contributed by atoms with Crippen LogP contribution in [0.3, 0.4) is 0 Å². The molecule has 1 fully saturated rings. The van der Waals surface area contributed by atoms with Gasteiger partial charge in [-0.3, -0.25) is 4.57 Å². The summed E-state index contributed by atoms with van der Waals surface area (Å²) in [5.74, 6) is -3.41. The molecule has 1 aromatic heterocycles. The minimum atomic E-state index is -3.38. The Morgan fingerprint density at radius 2 is 1.80 bits per heavy atom. The lowest BCUT2D eigenvalue weighted by Crippen LogP contribution is -2.44. The van der Waals surface area contributed by atoms with E-state index < -0.39 is 49.6 Å². The molecule has 7 nitrogen and oxygen atoms in total. The molecule has 0 spiro atoms. The average molecular weight is 464 g/mol. The van der Waals surface area contributed by atoms with Gasteiger partial charge in [-0.05, 0) is 17.1 Å². The van der Waals surface area contributed by atoms with Gasteiger partial charge >= 0.3 is 11.6 Å². The second-order valence-corrected chi connectivity index (χ2v) is 11.6. The molecule has 1 aromatic rings. The number of rotatable bonds is 12. The van der Waals surface area contributed by atoms with Crippen LogP contribution in [-0.4, -0.2) is 53.8 Å². The first-order chi connectivity index (χ1) is 14.3. The van der Waals surface area contributed by atoms with Gasteiger partial charge in [-0.15, -0.1) is 0 Å². The van der Waals surface area contributed by atoms with E-state index in [9.17, 15) is 4.79 Å². The van der Waals surface area contributed by atoms with Crippen molar-refractivity contribution < 1.29 is 22.4 Å². The summed E-state index contributed by atoms with van der Waals surface area (Å²) in [6, 6.07) is 1.31. The maximum atomic E-state index is 15.4. The number of ether oxygens (including phenoxy) is 1. The lowest BCUT2D eigenvalue weighted by atomic mass is 10.1. The standard InChI is InChI=1S/C19H35F2N3O4Si2/c1-5-12(6-2)29-26-11-14-16(28-30-13(7-3)8-4)19(20,21)17(27-14)24-10-9-15(22)23-18(24)25/h9-10,12-14,16-17H,5-8,11,29-30H2,1-4H3,(H2,22,23,25). The third-order valence-electron chi connectivity index (χ3n) is 5.91. The highest BCUT2D eigenvalue weighted by Gasteiger charge is 2.60. The van der Waals surface area contributed by atoms with Crippen molar-refractivity contribution >= 4 is 25.3 Å². The molecular weight excluding hydrogens is 428 g/mol. The first-order valence-corrected chi connectivity index (χ1v) is 13.6. The lowest BCUT2D eigenvalue weighted by Gasteiger charge is -2.26. The molecule has 0 bridgehead atoms. The summed E-state index contributed by atoms with van der Waals surface area (Å²) in [6.45, 7) is 8.34. The second kappa shape index (κ2) is 11.5. The molecule has 0 saturated carbocycles. The Kier molecular flexibility index (Phi) is 9.60. The number of anilines is 1. The molecule has 11 heteroatoms. The largest absolute Gasteiger partial charge is 0.421 e. The molecule has 1 aliphatic heterocycles. The van der Waals surface area contributed by atoms with E-state index in [2.05, 4.69) is 18.8 Å². The predicted molar refractivity (Wildman–Crippen MR) is 118 cm³/mol. The topological polar surface area (TPSA) is 88.6 Å². The number of nitrogens with two attached hydrogens (primary N) is 1. The zero-order valence-electron chi connectivity index (χ0n) is 18.4. The van der Waals surface area contributed by atoms with Gasteiger partial charge < -0.3 is 19.3 Å². The van der Waals surface area contributed by atoms with Crippen molar-refractivity contribution in [3.8, 4) is 0 Å².